The number of aliphatic hydroxyl groups excluding tert-OH is 1. The number of aliphatic hydroxyl groups is 1. The van der Waals surface area contributed by atoms with Gasteiger partial charge in [0.05, 0.1) is 7.11 Å². The molecule has 16 heavy (non-hydrogen) atoms. The SMILES string of the molecule is COC(=O)c1cccn(CCCCO)c1=O. The molecular weight excluding hydrogens is 210 g/mol. The molecule has 0 bridgehead atoms. The van der Waals surface area contributed by atoms with Gasteiger partial charge in [-0.15, -0.1) is 0 Å². The van der Waals surface area contributed by atoms with Crippen LogP contribution in [0, 0.1) is 0 Å². The van der Waals surface area contributed by atoms with Crippen molar-refractivity contribution >= 4 is 5.97 Å². The molecule has 0 saturated heterocycles. The molecule has 0 saturated carbocycles. The summed E-state index contributed by atoms with van der Waals surface area (Å²) < 4.78 is 5.95. The number of nitrogens with zero attached hydrogens (tertiary/aromatic N) is 1. The smallest absolute Gasteiger partial charge is 0.343 e. The Morgan fingerprint density at radius 1 is 1.50 bits per heavy atom. The van der Waals surface area contributed by atoms with Crippen LogP contribution in [0.2, 0.25) is 0 Å². The number of methoxy groups -OCH3 is 1. The van der Waals surface area contributed by atoms with Crippen molar-refractivity contribution in [2.75, 3.05) is 13.7 Å². The first kappa shape index (κ1) is 12.4. The van der Waals surface area contributed by atoms with Crippen molar-refractivity contribution in [1.82, 2.24) is 4.57 Å². The van der Waals surface area contributed by atoms with Gasteiger partial charge in [-0.1, -0.05) is 0 Å². The summed E-state index contributed by atoms with van der Waals surface area (Å²) in [5.41, 5.74) is -0.318. The van der Waals surface area contributed by atoms with Crippen molar-refractivity contribution in [2.24, 2.45) is 0 Å². The Kier molecular flexibility index (Phi) is 4.72. The minimum atomic E-state index is -0.624. The summed E-state index contributed by atoms with van der Waals surface area (Å²) in [6, 6.07) is 3.07. The van der Waals surface area contributed by atoms with Crippen LogP contribution in [0.1, 0.15) is 23.2 Å². The van der Waals surface area contributed by atoms with Gasteiger partial charge in [-0.05, 0) is 25.0 Å². The zero-order chi connectivity index (χ0) is 12.0. The van der Waals surface area contributed by atoms with Crippen LogP contribution in [-0.2, 0) is 11.3 Å². The van der Waals surface area contributed by atoms with Gasteiger partial charge in [-0.2, -0.15) is 0 Å². The molecular formula is C11H15NO4. The first-order valence-corrected chi connectivity index (χ1v) is 5.09. The molecule has 0 aromatic carbocycles. The molecule has 1 aromatic heterocycles. The maximum absolute atomic E-state index is 11.8. The fraction of sp³-hybridized carbons (Fsp3) is 0.455. The highest BCUT2D eigenvalue weighted by Gasteiger charge is 2.11. The van der Waals surface area contributed by atoms with Crippen LogP contribution < -0.4 is 5.56 Å². The Morgan fingerprint density at radius 2 is 2.25 bits per heavy atom. The number of aryl methyl sites for hydroxylation is 1. The molecule has 0 radical (unpaired) electrons. The third kappa shape index (κ3) is 2.93. The lowest BCUT2D eigenvalue weighted by Crippen LogP contribution is -2.26. The van der Waals surface area contributed by atoms with E-state index in [1.54, 1.807) is 12.3 Å². The van der Waals surface area contributed by atoms with E-state index in [-0.39, 0.29) is 17.7 Å². The van der Waals surface area contributed by atoms with Gasteiger partial charge in [-0.3, -0.25) is 4.79 Å². The van der Waals surface area contributed by atoms with E-state index in [1.165, 1.54) is 17.7 Å². The number of carbonyl (C=O) groups is 1. The minimum absolute atomic E-state index is 0.0361. The second-order valence-electron chi connectivity index (χ2n) is 3.34. The number of esters is 1. The van der Waals surface area contributed by atoms with Crippen LogP contribution in [0.5, 0.6) is 0 Å². The fourth-order valence-corrected chi connectivity index (χ4v) is 1.37. The topological polar surface area (TPSA) is 68.5 Å². The van der Waals surface area contributed by atoms with E-state index in [2.05, 4.69) is 4.74 Å². The maximum Gasteiger partial charge on any atom is 0.343 e. The quantitative estimate of drug-likeness (QED) is 0.582. The molecule has 0 aliphatic rings. The zero-order valence-electron chi connectivity index (χ0n) is 9.18. The van der Waals surface area contributed by atoms with Gasteiger partial charge >= 0.3 is 5.97 Å². The van der Waals surface area contributed by atoms with Crippen LogP contribution in [0.25, 0.3) is 0 Å². The summed E-state index contributed by atoms with van der Waals surface area (Å²) in [6.07, 6.45) is 2.95. The molecule has 0 aliphatic heterocycles. The van der Waals surface area contributed by atoms with Gasteiger partial charge in [-0.25, -0.2) is 4.79 Å². The average Bonchev–Trinajstić information content (AvgIpc) is 2.30. The van der Waals surface area contributed by atoms with Crippen LogP contribution in [0.4, 0.5) is 0 Å². The van der Waals surface area contributed by atoms with Crippen LogP contribution in [-0.4, -0.2) is 29.4 Å². The summed E-state index contributed by atoms with van der Waals surface area (Å²) in [7, 11) is 1.24. The third-order valence-corrected chi connectivity index (χ3v) is 2.23. The van der Waals surface area contributed by atoms with Crippen molar-refractivity contribution in [2.45, 2.75) is 19.4 Å². The van der Waals surface area contributed by atoms with Gasteiger partial charge in [0.25, 0.3) is 5.56 Å². The van der Waals surface area contributed by atoms with Crippen molar-refractivity contribution in [1.29, 1.82) is 0 Å². The summed E-state index contributed by atoms with van der Waals surface area (Å²) in [5.74, 6) is -0.624. The third-order valence-electron chi connectivity index (χ3n) is 2.23. The fourth-order valence-electron chi connectivity index (χ4n) is 1.37. The highest BCUT2D eigenvalue weighted by Crippen LogP contribution is 1.97. The monoisotopic (exact) mass is 225 g/mol. The van der Waals surface area contributed by atoms with Gasteiger partial charge in [0.15, 0.2) is 0 Å². The van der Waals surface area contributed by atoms with E-state index in [0.29, 0.717) is 19.4 Å². The number of hydrogen-bond acceptors (Lipinski definition) is 4. The van der Waals surface area contributed by atoms with E-state index in [4.69, 9.17) is 5.11 Å². The van der Waals surface area contributed by atoms with Crippen LogP contribution in [0.15, 0.2) is 23.1 Å². The molecule has 1 heterocycles. The van der Waals surface area contributed by atoms with Gasteiger partial charge in [0.2, 0.25) is 0 Å². The van der Waals surface area contributed by atoms with Crippen molar-refractivity contribution in [3.05, 3.63) is 34.2 Å². The molecule has 0 amide bonds. The van der Waals surface area contributed by atoms with Crippen molar-refractivity contribution < 1.29 is 14.6 Å². The lowest BCUT2D eigenvalue weighted by atomic mass is 10.2. The summed E-state index contributed by atoms with van der Waals surface area (Å²) in [4.78, 5) is 23.0. The van der Waals surface area contributed by atoms with Crippen molar-refractivity contribution in [3.63, 3.8) is 0 Å². The summed E-state index contributed by atoms with van der Waals surface area (Å²) in [6.45, 7) is 0.593. The number of carbonyl (C=O) groups excluding carboxylic acids is 1. The van der Waals surface area contributed by atoms with Crippen LogP contribution >= 0.6 is 0 Å². The normalized spacial score (nSPS) is 10.1. The number of hydrogen-bond donors (Lipinski definition) is 1. The first-order chi connectivity index (χ1) is 7.70. The number of ether oxygens (including phenoxy) is 1. The van der Waals surface area contributed by atoms with E-state index in [0.717, 1.165) is 0 Å². The molecule has 0 atom stereocenters. The standard InChI is InChI=1S/C11H15NO4/c1-16-11(15)9-5-4-7-12(10(9)14)6-2-3-8-13/h4-5,7,13H,2-3,6,8H2,1H3. The first-order valence-electron chi connectivity index (χ1n) is 5.09. The lowest BCUT2D eigenvalue weighted by Gasteiger charge is -2.06. The maximum atomic E-state index is 11.8. The predicted molar refractivity (Wildman–Crippen MR) is 58.4 cm³/mol. The number of unbranched alkanes of at least 4 members (excludes halogenated alkanes) is 1. The Balaban J connectivity index is 2.87. The highest BCUT2D eigenvalue weighted by molar-refractivity contribution is 5.88. The van der Waals surface area contributed by atoms with Gasteiger partial charge < -0.3 is 14.4 Å². The van der Waals surface area contributed by atoms with Gasteiger partial charge in [0, 0.05) is 19.3 Å². The minimum Gasteiger partial charge on any atom is -0.465 e. The molecule has 0 unspecified atom stereocenters. The highest BCUT2D eigenvalue weighted by atomic mass is 16.5. The average molecular weight is 225 g/mol. The molecule has 0 spiro atoms. The summed E-state index contributed by atoms with van der Waals surface area (Å²) >= 11 is 0. The molecule has 1 aromatic rings. The Labute approximate surface area is 93.3 Å². The Bertz CT molecular complexity index is 411. The van der Waals surface area contributed by atoms with Gasteiger partial charge in [0.1, 0.15) is 5.56 Å². The predicted octanol–water partition coefficient (Wildman–Crippen LogP) is 0.407. The van der Waals surface area contributed by atoms with Crippen molar-refractivity contribution in [3.8, 4) is 0 Å². The molecule has 5 heteroatoms. The molecule has 0 fully saturated rings. The van der Waals surface area contributed by atoms with E-state index in [1.807, 2.05) is 0 Å². The number of pyridine rings is 1. The second kappa shape index (κ2) is 6.07. The lowest BCUT2D eigenvalue weighted by molar-refractivity contribution is 0.0598. The Morgan fingerprint density at radius 3 is 2.88 bits per heavy atom. The van der Waals surface area contributed by atoms with E-state index in [9.17, 15) is 9.59 Å². The molecule has 1 rings (SSSR count). The summed E-state index contributed by atoms with van der Waals surface area (Å²) in [5, 5.41) is 8.63. The largest absolute Gasteiger partial charge is 0.465 e. The number of aromatic nitrogens is 1. The molecule has 0 aliphatic carbocycles. The van der Waals surface area contributed by atoms with E-state index >= 15 is 0 Å². The molecule has 1 N–H and O–H groups in total. The zero-order valence-corrected chi connectivity index (χ0v) is 9.18. The van der Waals surface area contributed by atoms with Crippen LogP contribution in [0.3, 0.4) is 0 Å². The second-order valence-corrected chi connectivity index (χ2v) is 3.34. The number of rotatable bonds is 5. The van der Waals surface area contributed by atoms with E-state index < -0.39 is 5.97 Å². The molecule has 5 nitrogen and oxygen atoms in total. The molecule has 88 valence electrons. The Hall–Kier alpha value is -1.62.